The minimum atomic E-state index is 0.0344. The lowest BCUT2D eigenvalue weighted by Gasteiger charge is -2.22. The zero-order chi connectivity index (χ0) is 14.9. The normalized spacial score (nSPS) is 31.5. The molecule has 1 aromatic heterocycles. The minimum absolute atomic E-state index is 0.0344. The third kappa shape index (κ3) is 2.90. The monoisotopic (exact) mass is 303 g/mol. The Morgan fingerprint density at radius 2 is 2.00 bits per heavy atom. The summed E-state index contributed by atoms with van der Waals surface area (Å²) in [6.45, 7) is 0. The van der Waals surface area contributed by atoms with Crippen LogP contribution in [0.4, 0.5) is 0 Å². The van der Waals surface area contributed by atoms with E-state index in [2.05, 4.69) is 15.5 Å². The van der Waals surface area contributed by atoms with Gasteiger partial charge in [0.05, 0.1) is 6.42 Å². The first-order valence-electron chi connectivity index (χ1n) is 8.90. The van der Waals surface area contributed by atoms with E-state index >= 15 is 0 Å². The Balaban J connectivity index is 1.32. The number of nitrogens with zero attached hydrogens (tertiary/aromatic N) is 2. The fourth-order valence-corrected chi connectivity index (χ4v) is 4.71. The number of nitrogens with one attached hydrogen (secondary N) is 1. The van der Waals surface area contributed by atoms with Gasteiger partial charge < -0.3 is 9.84 Å². The second-order valence-corrected chi connectivity index (χ2v) is 7.41. The molecule has 5 nitrogen and oxygen atoms in total. The molecule has 1 aromatic rings. The summed E-state index contributed by atoms with van der Waals surface area (Å²) in [6, 6.07) is 0.346. The van der Waals surface area contributed by atoms with Gasteiger partial charge in [0.25, 0.3) is 0 Å². The number of carbonyl (C=O) groups excluding carboxylic acids is 1. The average Bonchev–Trinajstić information content (AvgIpc) is 3.23. The molecule has 3 fully saturated rings. The Morgan fingerprint density at radius 3 is 2.73 bits per heavy atom. The molecule has 3 atom stereocenters. The largest absolute Gasteiger partial charge is 0.353 e. The summed E-state index contributed by atoms with van der Waals surface area (Å²) >= 11 is 0. The van der Waals surface area contributed by atoms with Crippen LogP contribution in [0.1, 0.15) is 75.4 Å². The molecule has 0 aromatic carbocycles. The van der Waals surface area contributed by atoms with Crippen LogP contribution in [0.3, 0.4) is 0 Å². The van der Waals surface area contributed by atoms with Gasteiger partial charge >= 0.3 is 0 Å². The van der Waals surface area contributed by atoms with Crippen LogP contribution in [0.15, 0.2) is 4.52 Å². The highest BCUT2D eigenvalue weighted by atomic mass is 16.5. The van der Waals surface area contributed by atoms with E-state index in [4.69, 9.17) is 4.52 Å². The lowest BCUT2D eigenvalue weighted by molar-refractivity contribution is -0.121. The van der Waals surface area contributed by atoms with Crippen LogP contribution >= 0.6 is 0 Å². The maximum atomic E-state index is 12.1. The number of rotatable bonds is 4. The van der Waals surface area contributed by atoms with E-state index in [9.17, 15) is 4.79 Å². The second-order valence-electron chi connectivity index (χ2n) is 7.41. The first kappa shape index (κ1) is 14.2. The summed E-state index contributed by atoms with van der Waals surface area (Å²) in [4.78, 5) is 16.6. The fourth-order valence-electron chi connectivity index (χ4n) is 4.71. The number of aromatic nitrogens is 2. The van der Waals surface area contributed by atoms with E-state index < -0.39 is 0 Å². The number of amides is 1. The molecule has 5 heteroatoms. The van der Waals surface area contributed by atoms with Gasteiger partial charge in [-0.05, 0) is 43.9 Å². The first-order valence-corrected chi connectivity index (χ1v) is 8.90. The average molecular weight is 303 g/mol. The molecule has 0 radical (unpaired) electrons. The van der Waals surface area contributed by atoms with Gasteiger partial charge in [-0.2, -0.15) is 4.98 Å². The molecule has 0 unspecified atom stereocenters. The van der Waals surface area contributed by atoms with E-state index in [1.807, 2.05) is 0 Å². The van der Waals surface area contributed by atoms with Crippen LogP contribution in [-0.4, -0.2) is 22.1 Å². The van der Waals surface area contributed by atoms with Crippen molar-refractivity contribution in [2.45, 2.75) is 76.2 Å². The van der Waals surface area contributed by atoms with Gasteiger partial charge in [-0.3, -0.25) is 4.79 Å². The summed E-state index contributed by atoms with van der Waals surface area (Å²) in [5.74, 6) is 3.39. The minimum Gasteiger partial charge on any atom is -0.353 e. The molecule has 3 saturated carbocycles. The Morgan fingerprint density at radius 1 is 1.14 bits per heavy atom. The van der Waals surface area contributed by atoms with Crippen LogP contribution in [-0.2, 0) is 11.2 Å². The van der Waals surface area contributed by atoms with Crippen molar-refractivity contribution in [1.82, 2.24) is 15.5 Å². The van der Waals surface area contributed by atoms with Crippen LogP contribution in [0, 0.1) is 11.8 Å². The predicted molar refractivity (Wildman–Crippen MR) is 81.2 cm³/mol. The van der Waals surface area contributed by atoms with Gasteiger partial charge in [-0.15, -0.1) is 0 Å². The van der Waals surface area contributed by atoms with Crippen LogP contribution in [0.25, 0.3) is 0 Å². The highest BCUT2D eigenvalue weighted by molar-refractivity contribution is 5.78. The molecule has 3 aliphatic carbocycles. The summed E-state index contributed by atoms with van der Waals surface area (Å²) in [6.07, 6.45) is 11.4. The van der Waals surface area contributed by atoms with E-state index in [-0.39, 0.29) is 12.3 Å². The molecule has 0 saturated heterocycles. The van der Waals surface area contributed by atoms with Gasteiger partial charge in [-0.1, -0.05) is 30.8 Å². The lowest BCUT2D eigenvalue weighted by Crippen LogP contribution is -2.37. The fraction of sp³-hybridized carbons (Fsp3) is 0.824. The van der Waals surface area contributed by atoms with Gasteiger partial charge in [0, 0.05) is 12.0 Å². The zero-order valence-corrected chi connectivity index (χ0v) is 13.1. The van der Waals surface area contributed by atoms with E-state index in [0.717, 1.165) is 30.6 Å². The molecule has 2 bridgehead atoms. The topological polar surface area (TPSA) is 68.0 Å². The van der Waals surface area contributed by atoms with Crippen molar-refractivity contribution in [2.75, 3.05) is 0 Å². The SMILES string of the molecule is O=C(Cc1noc([C@H]2C[C@H]3CC[C@H]2C3)n1)NC1CCCCC1. The second kappa shape index (κ2) is 6.01. The van der Waals surface area contributed by atoms with Crippen molar-refractivity contribution in [1.29, 1.82) is 0 Å². The summed E-state index contributed by atoms with van der Waals surface area (Å²) < 4.78 is 5.45. The Hall–Kier alpha value is -1.39. The van der Waals surface area contributed by atoms with Crippen molar-refractivity contribution >= 4 is 5.91 Å². The third-order valence-electron chi connectivity index (χ3n) is 5.83. The van der Waals surface area contributed by atoms with Gasteiger partial charge in [0.15, 0.2) is 5.82 Å². The molecular formula is C17H25N3O2. The van der Waals surface area contributed by atoms with Crippen molar-refractivity contribution < 1.29 is 9.32 Å². The zero-order valence-electron chi connectivity index (χ0n) is 13.1. The molecule has 1 N–H and O–H groups in total. The Bertz CT molecular complexity index is 536. The maximum Gasteiger partial charge on any atom is 0.230 e. The third-order valence-corrected chi connectivity index (χ3v) is 5.83. The molecule has 120 valence electrons. The molecule has 0 spiro atoms. The smallest absolute Gasteiger partial charge is 0.230 e. The van der Waals surface area contributed by atoms with Gasteiger partial charge in [0.1, 0.15) is 0 Å². The molecule has 22 heavy (non-hydrogen) atoms. The quantitative estimate of drug-likeness (QED) is 0.928. The molecule has 0 aliphatic heterocycles. The molecule has 1 heterocycles. The van der Waals surface area contributed by atoms with E-state index in [1.54, 1.807) is 0 Å². The Kier molecular flexibility index (Phi) is 3.89. The number of hydrogen-bond donors (Lipinski definition) is 1. The maximum absolute atomic E-state index is 12.1. The van der Waals surface area contributed by atoms with Crippen LogP contribution < -0.4 is 5.32 Å². The predicted octanol–water partition coefficient (Wildman–Crippen LogP) is 2.96. The summed E-state index contributed by atoms with van der Waals surface area (Å²) in [5, 5.41) is 7.14. The molecule has 4 rings (SSSR count). The summed E-state index contributed by atoms with van der Waals surface area (Å²) in [7, 11) is 0. The van der Waals surface area contributed by atoms with E-state index in [0.29, 0.717) is 17.8 Å². The van der Waals surface area contributed by atoms with Crippen molar-refractivity contribution in [2.24, 2.45) is 11.8 Å². The van der Waals surface area contributed by atoms with Crippen molar-refractivity contribution in [3.05, 3.63) is 11.7 Å². The van der Waals surface area contributed by atoms with E-state index in [1.165, 1.54) is 44.9 Å². The first-order chi connectivity index (χ1) is 10.8. The molecule has 1 amide bonds. The standard InChI is InChI=1S/C17H25N3O2/c21-16(18-13-4-2-1-3-5-13)10-15-19-17(22-20-15)14-9-11-6-7-12(14)8-11/h11-14H,1-10H2,(H,18,21)/t11-,12-,14-/m0/s1. The number of carbonyl (C=O) groups is 1. The summed E-state index contributed by atoms with van der Waals surface area (Å²) in [5.41, 5.74) is 0. The molecule has 3 aliphatic rings. The van der Waals surface area contributed by atoms with Crippen molar-refractivity contribution in [3.63, 3.8) is 0 Å². The van der Waals surface area contributed by atoms with Gasteiger partial charge in [0.2, 0.25) is 11.8 Å². The Labute approximate surface area is 131 Å². The lowest BCUT2D eigenvalue weighted by atomic mass is 9.89. The number of fused-ring (bicyclic) bond motifs is 2. The van der Waals surface area contributed by atoms with Crippen LogP contribution in [0.2, 0.25) is 0 Å². The van der Waals surface area contributed by atoms with Crippen molar-refractivity contribution in [3.8, 4) is 0 Å². The number of hydrogen-bond acceptors (Lipinski definition) is 4. The highest BCUT2D eigenvalue weighted by Crippen LogP contribution is 2.52. The highest BCUT2D eigenvalue weighted by Gasteiger charge is 2.42. The van der Waals surface area contributed by atoms with Gasteiger partial charge in [-0.25, -0.2) is 0 Å². The van der Waals surface area contributed by atoms with Crippen LogP contribution in [0.5, 0.6) is 0 Å². The molecular weight excluding hydrogens is 278 g/mol.